The van der Waals surface area contributed by atoms with E-state index >= 15 is 0 Å². The largest absolute Gasteiger partial charge is 0.305 e. The number of pyridine rings is 4. The average molecular weight is 2190 g/mol. The van der Waals surface area contributed by atoms with Crippen LogP contribution in [0.25, 0.3) is 66.6 Å². The van der Waals surface area contributed by atoms with Crippen molar-refractivity contribution in [3.8, 4) is 45.0 Å². The Morgan fingerprint density at radius 3 is 1.15 bits per heavy atom. The van der Waals surface area contributed by atoms with Gasteiger partial charge in [0.1, 0.15) is 46.3 Å². The summed E-state index contributed by atoms with van der Waals surface area (Å²) in [4.78, 5) is 123. The predicted molar refractivity (Wildman–Crippen MR) is 426 cm³/mol. The predicted octanol–water partition coefficient (Wildman–Crippen LogP) is 19.5. The maximum atomic E-state index is 12.4. The summed E-state index contributed by atoms with van der Waals surface area (Å²) in [5.74, 6) is 0.00523. The molecule has 0 aliphatic heterocycles. The molecule has 0 aliphatic carbocycles. The molecule has 0 fully saturated rings. The van der Waals surface area contributed by atoms with Crippen molar-refractivity contribution in [3.05, 3.63) is 311 Å². The first-order chi connectivity index (χ1) is 51.0. The summed E-state index contributed by atoms with van der Waals surface area (Å²) in [6, 6.07) is 81.5. The molecule has 4 aromatic heterocycles. The van der Waals surface area contributed by atoms with Gasteiger partial charge in [0.15, 0.2) is 11.6 Å². The van der Waals surface area contributed by atoms with Crippen LogP contribution in [0.1, 0.15) is 160 Å². The summed E-state index contributed by atoms with van der Waals surface area (Å²) >= 11 is 0. The van der Waals surface area contributed by atoms with Crippen LogP contribution in [0.3, 0.4) is 0 Å². The maximum Gasteiger partial charge on any atom is 0.194 e. The van der Waals surface area contributed by atoms with E-state index in [4.69, 9.17) is 0 Å². The minimum absolute atomic E-state index is 0. The third-order valence-corrected chi connectivity index (χ3v) is 15.0. The van der Waals surface area contributed by atoms with Crippen LogP contribution in [0.5, 0.6) is 0 Å². The van der Waals surface area contributed by atoms with Crippen LogP contribution in [0.2, 0.25) is 0 Å². The monoisotopic (exact) mass is 2190 g/mol. The first-order valence-corrected chi connectivity index (χ1v) is 34.7. The first-order valence-electron chi connectivity index (χ1n) is 34.7. The number of aryl methyl sites for hydroxylation is 4. The molecule has 0 aliphatic rings. The number of rotatable bonds is 17. The van der Waals surface area contributed by atoms with E-state index < -0.39 is 0 Å². The van der Waals surface area contributed by atoms with Crippen molar-refractivity contribution in [2.75, 3.05) is 0 Å². The number of aromatic nitrogens is 4. The van der Waals surface area contributed by atoms with E-state index in [0.29, 0.717) is 28.2 Å². The van der Waals surface area contributed by atoms with E-state index in [1.54, 1.807) is 42.7 Å². The Morgan fingerprint density at radius 2 is 0.730 bits per heavy atom. The van der Waals surface area contributed by atoms with Crippen LogP contribution in [-0.4, -0.2) is 77.8 Å². The fraction of sp³-hybridized carbons (Fsp3) is 0.204. The minimum atomic E-state index is -0.0625. The Kier molecular flexibility index (Phi) is 46.8. The number of carbonyl (C=O) groups is 10. The summed E-state index contributed by atoms with van der Waals surface area (Å²) in [6.07, 6.45) is 7.58. The van der Waals surface area contributed by atoms with Crippen molar-refractivity contribution in [1.82, 2.24) is 19.9 Å². The van der Waals surface area contributed by atoms with Crippen LogP contribution >= 0.6 is 0 Å². The minimum Gasteiger partial charge on any atom is -0.305 e. The van der Waals surface area contributed by atoms with Crippen molar-refractivity contribution in [2.45, 2.75) is 129 Å². The number of Topliss-reactive ketones (excluding diaryl/α,β-unsaturated/α-hetero) is 8. The number of carbonyl (C=O) groups excluding carboxylic acids is 10. The number of fused-ring (bicyclic) bond motifs is 2. The molecule has 0 N–H and O–H groups in total. The molecule has 4 radical (unpaired) electrons. The normalized spacial score (nSPS) is 9.65. The zero-order valence-corrected chi connectivity index (χ0v) is 74.2. The maximum absolute atomic E-state index is 12.4. The third-order valence-electron chi connectivity index (χ3n) is 15.0. The zero-order chi connectivity index (χ0) is 78.5. The van der Waals surface area contributed by atoms with Gasteiger partial charge in [-0.3, -0.25) is 47.9 Å². The number of nitrogens with zero attached hydrogens (tertiary/aromatic N) is 4. The molecule has 0 spiro atoms. The zero-order valence-electron chi connectivity index (χ0n) is 64.6. The Labute approximate surface area is 706 Å². The molecule has 0 atom stereocenters. The molecule has 0 saturated carbocycles. The summed E-state index contributed by atoms with van der Waals surface area (Å²) in [7, 11) is 0. The van der Waals surface area contributed by atoms with E-state index in [1.165, 1.54) is 93.6 Å². The van der Waals surface area contributed by atoms with Gasteiger partial charge in [-0.2, -0.15) is 0 Å². The molecular formula is C93H90Ir4N4O10-4. The van der Waals surface area contributed by atoms with Gasteiger partial charge in [0.05, 0.1) is 25.7 Å². The van der Waals surface area contributed by atoms with E-state index in [2.05, 4.69) is 159 Å². The van der Waals surface area contributed by atoms with Crippen LogP contribution in [0.15, 0.2) is 237 Å². The second-order valence-electron chi connectivity index (χ2n) is 25.8. The van der Waals surface area contributed by atoms with E-state index in [9.17, 15) is 47.9 Å². The topological polar surface area (TPSA) is 222 Å². The SMILES string of the molecule is CC(=O)CC(C)=O.CC(=O)CC(C)=O.CC(=O)CC(C)=O.CC(=O)CC(C)=O.Cc1[c-]c(-c2cc3c(C(C)C)cccc3cn2)cc(C)c1.Cc1[c-]c(-c2cc3ccccc3cn2)cc(C)c1.O=C(c1ccccc1)c1cc[c-]c(-c2ccccn2)c1.O=C(c1ccccc1)c1ccc(-c2[c-]cccc2)nc1.[Ir].[Ir].[Ir].[Ir]. The Hall–Kier alpha value is -9.82. The first kappa shape index (κ1) is 99.2. The number of hydrogen-bond donors (Lipinski definition) is 0. The second kappa shape index (κ2) is 52.4. The van der Waals surface area contributed by atoms with Crippen molar-refractivity contribution in [2.24, 2.45) is 0 Å². The standard InChI is InChI=1S/C20H20N.2C18H12NO.C17H14N.4C5H8O2.4Ir/c1-13(2)18-7-5-6-16-12-21-20(11-19(16)18)17-9-14(3)8-15(4)10-17;20-18(15-9-5-2-6-10-15)16-11-12-17(19-13-16)14-7-3-1-4-8-14;20-18(14-7-2-1-3-8-14)16-10-6-9-15(13-16)17-11-4-5-12-19-17;1-12-7-13(2)9-16(8-12)17-10-14-5-3-4-6-15(14)11-18-17;4*1-4(6)3-5(2)7;;;;/h5-9,11-13H,1-4H3;1-7,9-13H;1-8,10-13H;3-8,10-11H,1-2H3;4*3H2,1-2H3;;;;/q4*-1;;;;;;;;. The molecule has 111 heavy (non-hydrogen) atoms. The quantitative estimate of drug-likeness (QED) is 0.0470. The number of benzene rings is 8. The molecule has 12 aromatic rings. The Bertz CT molecular complexity index is 4830. The van der Waals surface area contributed by atoms with Gasteiger partial charge < -0.3 is 19.9 Å². The second-order valence-corrected chi connectivity index (χ2v) is 25.8. The van der Waals surface area contributed by atoms with Crippen LogP contribution in [0, 0.1) is 52.0 Å². The fourth-order valence-corrected chi connectivity index (χ4v) is 10.6. The molecule has 12 rings (SSSR count). The van der Waals surface area contributed by atoms with Gasteiger partial charge in [-0.05, 0) is 117 Å². The smallest absolute Gasteiger partial charge is 0.194 e. The van der Waals surface area contributed by atoms with Gasteiger partial charge in [0, 0.05) is 122 Å². The molecule has 4 heterocycles. The van der Waals surface area contributed by atoms with Gasteiger partial charge in [-0.15, -0.1) is 136 Å². The summed E-state index contributed by atoms with van der Waals surface area (Å²) in [5, 5.41) is 4.89. The van der Waals surface area contributed by atoms with Gasteiger partial charge in [0.25, 0.3) is 0 Å². The van der Waals surface area contributed by atoms with Crippen LogP contribution in [0.4, 0.5) is 0 Å². The molecule has 8 aromatic carbocycles. The van der Waals surface area contributed by atoms with E-state index in [1.807, 2.05) is 122 Å². The number of hydrogen-bond acceptors (Lipinski definition) is 14. The Balaban J connectivity index is 0.000000658. The Morgan fingerprint density at radius 1 is 0.315 bits per heavy atom. The molecule has 0 bridgehead atoms. The van der Waals surface area contributed by atoms with Gasteiger partial charge in [0.2, 0.25) is 0 Å². The van der Waals surface area contributed by atoms with Crippen molar-refractivity contribution >= 4 is 79.4 Å². The third kappa shape index (κ3) is 37.2. The van der Waals surface area contributed by atoms with Crippen molar-refractivity contribution in [3.63, 3.8) is 0 Å². The van der Waals surface area contributed by atoms with Gasteiger partial charge in [-0.25, -0.2) is 0 Å². The number of ketones is 10. The molecule has 582 valence electrons. The molecule has 14 nitrogen and oxygen atoms in total. The summed E-state index contributed by atoms with van der Waals surface area (Å²) in [6.45, 7) is 24.1. The van der Waals surface area contributed by atoms with Crippen LogP contribution in [-0.2, 0) is 119 Å². The van der Waals surface area contributed by atoms with E-state index in [-0.39, 0.29) is 164 Å². The summed E-state index contributed by atoms with van der Waals surface area (Å²) in [5.41, 5.74) is 16.3. The fourth-order valence-electron chi connectivity index (χ4n) is 10.6. The van der Waals surface area contributed by atoms with E-state index in [0.717, 1.165) is 56.2 Å². The molecule has 18 heteroatoms. The molecular weight excluding hydrogens is 2100 g/mol. The molecule has 0 amide bonds. The summed E-state index contributed by atoms with van der Waals surface area (Å²) < 4.78 is 0. The molecule has 0 unspecified atom stereocenters. The van der Waals surface area contributed by atoms with Crippen molar-refractivity contribution in [1.29, 1.82) is 0 Å². The average Bonchev–Trinajstić information content (AvgIpc) is 0.809. The molecule has 0 saturated heterocycles. The van der Waals surface area contributed by atoms with Gasteiger partial charge >= 0.3 is 0 Å². The van der Waals surface area contributed by atoms with Crippen LogP contribution < -0.4 is 0 Å². The van der Waals surface area contributed by atoms with Crippen molar-refractivity contribution < 1.29 is 128 Å². The van der Waals surface area contributed by atoms with Gasteiger partial charge in [-0.1, -0.05) is 187 Å².